The van der Waals surface area contributed by atoms with Crippen molar-refractivity contribution in [2.24, 2.45) is 0 Å². The molecule has 3 nitrogen and oxygen atoms in total. The third-order valence-corrected chi connectivity index (χ3v) is 3.63. The monoisotopic (exact) mass is 291 g/mol. The number of aromatic nitrogens is 1. The summed E-state index contributed by atoms with van der Waals surface area (Å²) in [5, 5.41) is 9.00. The Bertz CT molecular complexity index is 351. The van der Waals surface area contributed by atoms with Crippen LogP contribution in [0.3, 0.4) is 0 Å². The highest BCUT2D eigenvalue weighted by molar-refractivity contribution is 9.10. The molecule has 1 rings (SSSR count). The largest absolute Gasteiger partial charge is 0.477 e. The third kappa shape index (κ3) is 3.28. The summed E-state index contributed by atoms with van der Waals surface area (Å²) in [6.45, 7) is 4.13. The molecule has 84 valence electrons. The molecule has 5 heteroatoms. The second kappa shape index (κ2) is 5.61. The van der Waals surface area contributed by atoms with Gasteiger partial charge in [0.1, 0.15) is 5.69 Å². The van der Waals surface area contributed by atoms with E-state index >= 15 is 0 Å². The Hall–Kier alpha value is -0.420. The summed E-state index contributed by atoms with van der Waals surface area (Å²) in [5.41, 5.74) is 0.339. The normalized spacial score (nSPS) is 12.7. The SMILES string of the molecule is CCSCC(C)n1cc(Br)cc1C(=O)O. The number of carboxylic acid groups (broad SMARTS) is 1. The summed E-state index contributed by atoms with van der Waals surface area (Å²) >= 11 is 5.11. The standard InChI is InChI=1S/C10H14BrNO2S/c1-3-15-6-7(2)12-5-8(11)4-9(12)10(13)14/h4-5,7H,3,6H2,1-2H3,(H,13,14). The summed E-state index contributed by atoms with van der Waals surface area (Å²) in [5.74, 6) is 1.10. The van der Waals surface area contributed by atoms with E-state index in [1.54, 1.807) is 10.6 Å². The minimum Gasteiger partial charge on any atom is -0.477 e. The Labute approximate surface area is 102 Å². The van der Waals surface area contributed by atoms with Crippen molar-refractivity contribution >= 4 is 33.7 Å². The molecule has 0 aliphatic heterocycles. The van der Waals surface area contributed by atoms with Crippen molar-refractivity contribution < 1.29 is 9.90 Å². The Kier molecular flexibility index (Phi) is 4.73. The quantitative estimate of drug-likeness (QED) is 0.905. The summed E-state index contributed by atoms with van der Waals surface area (Å²) in [7, 11) is 0. The molecule has 1 unspecified atom stereocenters. The van der Waals surface area contributed by atoms with Gasteiger partial charge < -0.3 is 9.67 Å². The number of thioether (sulfide) groups is 1. The lowest BCUT2D eigenvalue weighted by Crippen LogP contribution is -2.13. The van der Waals surface area contributed by atoms with E-state index in [4.69, 9.17) is 5.11 Å². The maximum absolute atomic E-state index is 11.0. The highest BCUT2D eigenvalue weighted by Gasteiger charge is 2.15. The topological polar surface area (TPSA) is 42.2 Å². The Morgan fingerprint density at radius 3 is 2.93 bits per heavy atom. The fraction of sp³-hybridized carbons (Fsp3) is 0.500. The molecule has 0 spiro atoms. The molecule has 0 bridgehead atoms. The molecule has 1 aromatic rings. The molecule has 0 aromatic carbocycles. The van der Waals surface area contributed by atoms with E-state index in [0.717, 1.165) is 16.0 Å². The minimum absolute atomic E-state index is 0.201. The second-order valence-electron chi connectivity index (χ2n) is 3.26. The molecule has 0 aliphatic rings. The van der Waals surface area contributed by atoms with E-state index in [9.17, 15) is 4.79 Å². The molecule has 0 radical (unpaired) electrons. The molecule has 15 heavy (non-hydrogen) atoms. The minimum atomic E-state index is -0.881. The fourth-order valence-electron chi connectivity index (χ4n) is 1.35. The highest BCUT2D eigenvalue weighted by Crippen LogP contribution is 2.22. The van der Waals surface area contributed by atoms with Crippen LogP contribution in [-0.2, 0) is 0 Å². The first-order valence-corrected chi connectivity index (χ1v) is 6.69. The molecule has 0 saturated heterocycles. The maximum atomic E-state index is 11.0. The van der Waals surface area contributed by atoms with E-state index in [2.05, 4.69) is 22.9 Å². The molecular formula is C10H14BrNO2S. The van der Waals surface area contributed by atoms with Gasteiger partial charge in [-0.25, -0.2) is 4.79 Å². The zero-order valence-electron chi connectivity index (χ0n) is 8.74. The van der Waals surface area contributed by atoms with Gasteiger partial charge in [0.15, 0.2) is 0 Å². The Morgan fingerprint density at radius 1 is 1.73 bits per heavy atom. The summed E-state index contributed by atoms with van der Waals surface area (Å²) in [6, 6.07) is 1.84. The van der Waals surface area contributed by atoms with E-state index in [1.807, 2.05) is 24.9 Å². The van der Waals surface area contributed by atoms with Gasteiger partial charge in [0.05, 0.1) is 0 Å². The van der Waals surface area contributed by atoms with Gasteiger partial charge in [0, 0.05) is 22.5 Å². The lowest BCUT2D eigenvalue weighted by Gasteiger charge is -2.14. The van der Waals surface area contributed by atoms with Crippen molar-refractivity contribution in [1.82, 2.24) is 4.57 Å². The van der Waals surface area contributed by atoms with Crippen LogP contribution < -0.4 is 0 Å². The average molecular weight is 292 g/mol. The number of carbonyl (C=O) groups is 1. The zero-order chi connectivity index (χ0) is 11.4. The predicted molar refractivity (Wildman–Crippen MR) is 66.8 cm³/mol. The molecule has 1 heterocycles. The van der Waals surface area contributed by atoms with Gasteiger partial charge in [-0.05, 0) is 34.7 Å². The first kappa shape index (κ1) is 12.6. The van der Waals surface area contributed by atoms with Gasteiger partial charge in [-0.15, -0.1) is 0 Å². The number of halogens is 1. The second-order valence-corrected chi connectivity index (χ2v) is 5.50. The predicted octanol–water partition coefficient (Wildman–Crippen LogP) is 3.26. The van der Waals surface area contributed by atoms with E-state index in [0.29, 0.717) is 5.69 Å². The number of hydrogen-bond donors (Lipinski definition) is 1. The van der Waals surface area contributed by atoms with Crippen LogP contribution in [0.2, 0.25) is 0 Å². The molecule has 0 saturated carbocycles. The number of carboxylic acids is 1. The summed E-state index contributed by atoms with van der Waals surface area (Å²) < 4.78 is 2.61. The van der Waals surface area contributed by atoms with Gasteiger partial charge in [-0.2, -0.15) is 11.8 Å². The smallest absolute Gasteiger partial charge is 0.352 e. The van der Waals surface area contributed by atoms with Crippen molar-refractivity contribution in [2.75, 3.05) is 11.5 Å². The average Bonchev–Trinajstić information content (AvgIpc) is 2.57. The Balaban J connectivity index is 2.86. The van der Waals surface area contributed by atoms with Crippen LogP contribution >= 0.6 is 27.7 Å². The fourth-order valence-corrected chi connectivity index (χ4v) is 2.53. The van der Waals surface area contributed by atoms with Crippen LogP contribution in [0.25, 0.3) is 0 Å². The van der Waals surface area contributed by atoms with Crippen LogP contribution in [0.15, 0.2) is 16.7 Å². The van der Waals surface area contributed by atoms with Crippen LogP contribution in [0.4, 0.5) is 0 Å². The van der Waals surface area contributed by atoms with Crippen LogP contribution in [0.5, 0.6) is 0 Å². The molecule has 0 amide bonds. The first-order valence-electron chi connectivity index (χ1n) is 4.74. The van der Waals surface area contributed by atoms with Gasteiger partial charge >= 0.3 is 5.97 Å². The maximum Gasteiger partial charge on any atom is 0.352 e. The van der Waals surface area contributed by atoms with E-state index in [-0.39, 0.29) is 6.04 Å². The van der Waals surface area contributed by atoms with Crippen LogP contribution in [0.1, 0.15) is 30.4 Å². The first-order chi connectivity index (χ1) is 7.06. The summed E-state index contributed by atoms with van der Waals surface area (Å²) in [4.78, 5) is 11.0. The van der Waals surface area contributed by atoms with Crippen molar-refractivity contribution in [3.05, 3.63) is 22.4 Å². The number of rotatable bonds is 5. The number of hydrogen-bond acceptors (Lipinski definition) is 2. The number of aromatic carboxylic acids is 1. The van der Waals surface area contributed by atoms with Crippen LogP contribution in [0, 0.1) is 0 Å². The van der Waals surface area contributed by atoms with Gasteiger partial charge in [0.2, 0.25) is 0 Å². The third-order valence-electron chi connectivity index (χ3n) is 2.07. The zero-order valence-corrected chi connectivity index (χ0v) is 11.1. The van der Waals surface area contributed by atoms with Gasteiger partial charge in [-0.3, -0.25) is 0 Å². The van der Waals surface area contributed by atoms with Crippen molar-refractivity contribution in [1.29, 1.82) is 0 Å². The van der Waals surface area contributed by atoms with E-state index < -0.39 is 5.97 Å². The molecule has 1 atom stereocenters. The molecule has 0 aliphatic carbocycles. The molecule has 1 N–H and O–H groups in total. The summed E-state index contributed by atoms with van der Waals surface area (Å²) in [6.07, 6.45) is 1.82. The molecule has 0 fully saturated rings. The van der Waals surface area contributed by atoms with E-state index in [1.165, 1.54) is 0 Å². The van der Waals surface area contributed by atoms with Gasteiger partial charge in [-0.1, -0.05) is 6.92 Å². The molecular weight excluding hydrogens is 278 g/mol. The number of nitrogens with zero attached hydrogens (tertiary/aromatic N) is 1. The lowest BCUT2D eigenvalue weighted by atomic mass is 10.3. The highest BCUT2D eigenvalue weighted by atomic mass is 79.9. The molecule has 1 aromatic heterocycles. The van der Waals surface area contributed by atoms with Crippen molar-refractivity contribution in [3.8, 4) is 0 Å². The van der Waals surface area contributed by atoms with Gasteiger partial charge in [0.25, 0.3) is 0 Å². The van der Waals surface area contributed by atoms with Crippen molar-refractivity contribution in [2.45, 2.75) is 19.9 Å². The Morgan fingerprint density at radius 2 is 2.40 bits per heavy atom. The lowest BCUT2D eigenvalue weighted by molar-refractivity contribution is 0.0683. The van der Waals surface area contributed by atoms with Crippen molar-refractivity contribution in [3.63, 3.8) is 0 Å². The van der Waals surface area contributed by atoms with Crippen LogP contribution in [-0.4, -0.2) is 27.1 Å².